The van der Waals surface area contributed by atoms with Crippen LogP contribution in [0.3, 0.4) is 0 Å². The van der Waals surface area contributed by atoms with Gasteiger partial charge in [-0.25, -0.2) is 9.37 Å². The van der Waals surface area contributed by atoms with Crippen LogP contribution in [0.25, 0.3) is 12.2 Å². The molecule has 2 aromatic rings. The van der Waals surface area contributed by atoms with E-state index in [2.05, 4.69) is 40.2 Å². The minimum absolute atomic E-state index is 0.117. The van der Waals surface area contributed by atoms with Crippen LogP contribution in [0.15, 0.2) is 42.6 Å². The molecule has 0 aliphatic heterocycles. The summed E-state index contributed by atoms with van der Waals surface area (Å²) in [4.78, 5) is 6.36. The van der Waals surface area contributed by atoms with Crippen molar-refractivity contribution in [2.75, 3.05) is 58.7 Å². The van der Waals surface area contributed by atoms with Crippen molar-refractivity contribution in [1.82, 2.24) is 4.98 Å². The Kier molecular flexibility index (Phi) is 9.30. The van der Waals surface area contributed by atoms with Gasteiger partial charge >= 0.3 is 0 Å². The summed E-state index contributed by atoms with van der Waals surface area (Å²) in [5.41, 5.74) is 3.31. The maximum Gasteiger partial charge on any atom is 0.213 e. The SMILES string of the molecule is CN(C)c1ccc(C=Cc2ccc(OCCOCCOCC[18F])nc2)cc1. The number of alkyl halides is 1. The fraction of sp³-hybridized carbons (Fsp3) is 0.381. The molecule has 0 radical (unpaired) electrons. The topological polar surface area (TPSA) is 43.8 Å². The molecule has 1 aromatic carbocycles. The van der Waals surface area contributed by atoms with Crippen molar-refractivity contribution in [3.63, 3.8) is 0 Å². The monoisotopic (exact) mass is 373 g/mol. The van der Waals surface area contributed by atoms with Crippen molar-refractivity contribution in [3.05, 3.63) is 53.7 Å². The van der Waals surface area contributed by atoms with Crippen LogP contribution in [-0.4, -0.2) is 58.8 Å². The van der Waals surface area contributed by atoms with Gasteiger partial charge in [-0.15, -0.1) is 0 Å². The molecule has 5 nitrogen and oxygen atoms in total. The molecule has 0 saturated carbocycles. The van der Waals surface area contributed by atoms with E-state index in [0.29, 0.717) is 32.3 Å². The lowest BCUT2D eigenvalue weighted by Crippen LogP contribution is -2.11. The first-order chi connectivity index (χ1) is 13.2. The van der Waals surface area contributed by atoms with Gasteiger partial charge in [-0.1, -0.05) is 24.3 Å². The maximum atomic E-state index is 11.8. The van der Waals surface area contributed by atoms with E-state index in [9.17, 15) is 4.39 Å². The quantitative estimate of drug-likeness (QED) is 0.531. The second kappa shape index (κ2) is 12.0. The van der Waals surface area contributed by atoms with Crippen molar-refractivity contribution in [2.24, 2.45) is 0 Å². The fourth-order valence-electron chi connectivity index (χ4n) is 2.23. The van der Waals surface area contributed by atoms with Crippen LogP contribution in [0.5, 0.6) is 5.88 Å². The third kappa shape index (κ3) is 8.19. The molecule has 0 fully saturated rings. The van der Waals surface area contributed by atoms with Crippen molar-refractivity contribution in [3.8, 4) is 5.88 Å². The minimum atomic E-state index is -0.470. The summed E-state index contributed by atoms with van der Waals surface area (Å²) >= 11 is 0. The van der Waals surface area contributed by atoms with Crippen molar-refractivity contribution >= 4 is 17.8 Å². The van der Waals surface area contributed by atoms with E-state index in [1.54, 1.807) is 6.20 Å². The van der Waals surface area contributed by atoms with Gasteiger partial charge in [-0.05, 0) is 29.3 Å². The third-order valence-corrected chi connectivity index (χ3v) is 3.71. The summed E-state index contributed by atoms with van der Waals surface area (Å²) in [5.74, 6) is 0.555. The summed E-state index contributed by atoms with van der Waals surface area (Å²) in [6, 6.07) is 12.1. The Labute approximate surface area is 160 Å². The summed E-state index contributed by atoms with van der Waals surface area (Å²) in [6.07, 6.45) is 5.84. The molecule has 0 bridgehead atoms. The zero-order valence-corrected chi connectivity index (χ0v) is 15.9. The highest BCUT2D eigenvalue weighted by atomic mass is 18.2. The maximum absolute atomic E-state index is 11.8. The molecular weight excluding hydrogens is 346 g/mol. The first-order valence-electron chi connectivity index (χ1n) is 8.95. The van der Waals surface area contributed by atoms with Gasteiger partial charge in [0.15, 0.2) is 0 Å². The second-order valence-electron chi connectivity index (χ2n) is 6.01. The van der Waals surface area contributed by atoms with E-state index in [0.717, 1.165) is 11.1 Å². The molecule has 0 amide bonds. The van der Waals surface area contributed by atoms with Crippen LogP contribution in [0.4, 0.5) is 10.1 Å². The molecule has 27 heavy (non-hydrogen) atoms. The number of ether oxygens (including phenoxy) is 3. The Bertz CT molecular complexity index is 673. The molecule has 6 heteroatoms. The number of halogens is 1. The Balaban J connectivity index is 1.70. The number of hydrogen-bond donors (Lipinski definition) is 0. The number of pyridine rings is 1. The van der Waals surface area contributed by atoms with Gasteiger partial charge in [0.2, 0.25) is 5.88 Å². The van der Waals surface area contributed by atoms with Crippen LogP contribution in [0.2, 0.25) is 0 Å². The number of hydrogen-bond acceptors (Lipinski definition) is 5. The lowest BCUT2D eigenvalue weighted by Gasteiger charge is -2.11. The number of anilines is 1. The average Bonchev–Trinajstić information content (AvgIpc) is 2.69. The Morgan fingerprint density at radius 2 is 1.48 bits per heavy atom. The highest BCUT2D eigenvalue weighted by Gasteiger charge is 1.97. The molecule has 0 aliphatic rings. The zero-order valence-electron chi connectivity index (χ0n) is 15.9. The van der Waals surface area contributed by atoms with Crippen LogP contribution in [0.1, 0.15) is 11.1 Å². The molecule has 0 aliphatic carbocycles. The highest BCUT2D eigenvalue weighted by molar-refractivity contribution is 5.70. The highest BCUT2D eigenvalue weighted by Crippen LogP contribution is 2.15. The smallest absolute Gasteiger partial charge is 0.213 e. The molecule has 0 spiro atoms. The van der Waals surface area contributed by atoms with Crippen LogP contribution < -0.4 is 9.64 Å². The van der Waals surface area contributed by atoms with Gasteiger partial charge in [0.1, 0.15) is 13.3 Å². The van der Waals surface area contributed by atoms with Gasteiger partial charge in [0.05, 0.1) is 26.4 Å². The summed E-state index contributed by atoms with van der Waals surface area (Å²) in [7, 11) is 4.05. The predicted octanol–water partition coefficient (Wildman–Crippen LogP) is 3.70. The Hall–Kier alpha value is -2.44. The Morgan fingerprint density at radius 3 is 2.11 bits per heavy atom. The van der Waals surface area contributed by atoms with Crippen LogP contribution >= 0.6 is 0 Å². The minimum Gasteiger partial charge on any atom is -0.475 e. The predicted molar refractivity (Wildman–Crippen MR) is 107 cm³/mol. The Morgan fingerprint density at radius 1 is 0.852 bits per heavy atom. The zero-order chi connectivity index (χ0) is 19.3. The molecule has 0 unspecified atom stereocenters. The summed E-state index contributed by atoms with van der Waals surface area (Å²) in [6.45, 7) is 1.31. The molecular formula is C21H27FN2O3. The first kappa shape index (κ1) is 20.9. The standard InChI is InChI=1S/C21H27FN2O3/c1-24(2)20-8-5-18(6-9-20)3-4-19-7-10-21(23-17-19)27-16-15-26-14-13-25-12-11-22/h3-10,17H,11-16H2,1-2H3/i22-1. The lowest BCUT2D eigenvalue weighted by atomic mass is 10.1. The number of nitrogens with zero attached hydrogens (tertiary/aromatic N) is 2. The van der Waals surface area contributed by atoms with Crippen LogP contribution in [-0.2, 0) is 9.47 Å². The van der Waals surface area contributed by atoms with E-state index < -0.39 is 6.67 Å². The third-order valence-electron chi connectivity index (χ3n) is 3.71. The summed E-state index contributed by atoms with van der Waals surface area (Å²) in [5, 5.41) is 0. The lowest BCUT2D eigenvalue weighted by molar-refractivity contribution is 0.0320. The first-order valence-corrected chi connectivity index (χ1v) is 8.95. The number of aromatic nitrogens is 1. The van der Waals surface area contributed by atoms with Gasteiger partial charge in [0.25, 0.3) is 0 Å². The second-order valence-corrected chi connectivity index (χ2v) is 6.01. The molecule has 0 atom stereocenters. The molecule has 1 aromatic heterocycles. The van der Waals surface area contributed by atoms with Crippen molar-refractivity contribution in [1.29, 1.82) is 0 Å². The molecule has 1 heterocycles. The molecule has 2 rings (SSSR count). The fourth-order valence-corrected chi connectivity index (χ4v) is 2.23. The summed E-state index contributed by atoms with van der Waals surface area (Å²) < 4.78 is 27.6. The van der Waals surface area contributed by atoms with Crippen molar-refractivity contribution in [2.45, 2.75) is 0 Å². The van der Waals surface area contributed by atoms with E-state index in [4.69, 9.17) is 14.2 Å². The van der Waals surface area contributed by atoms with E-state index in [-0.39, 0.29) is 6.61 Å². The van der Waals surface area contributed by atoms with Crippen molar-refractivity contribution < 1.29 is 18.6 Å². The van der Waals surface area contributed by atoms with E-state index in [1.165, 1.54) is 5.69 Å². The van der Waals surface area contributed by atoms with Gasteiger partial charge < -0.3 is 19.1 Å². The molecule has 146 valence electrons. The largest absolute Gasteiger partial charge is 0.475 e. The van der Waals surface area contributed by atoms with Gasteiger partial charge in [-0.3, -0.25) is 0 Å². The molecule has 0 saturated heterocycles. The average molecular weight is 373 g/mol. The van der Waals surface area contributed by atoms with Gasteiger partial charge in [-0.2, -0.15) is 0 Å². The normalized spacial score (nSPS) is 11.1. The number of benzene rings is 1. The van der Waals surface area contributed by atoms with Crippen LogP contribution in [0, 0.1) is 0 Å². The molecule has 0 N–H and O–H groups in total. The van der Waals surface area contributed by atoms with Gasteiger partial charge in [0, 0.05) is 32.0 Å². The van der Waals surface area contributed by atoms with E-state index in [1.807, 2.05) is 32.3 Å². The number of rotatable bonds is 12. The van der Waals surface area contributed by atoms with E-state index >= 15 is 0 Å².